The number of amidine groups is 1. The number of nitrogens with one attached hydrogen (secondary N) is 1. The topological polar surface area (TPSA) is 97.3 Å². The Hall–Kier alpha value is -5.45. The summed E-state index contributed by atoms with van der Waals surface area (Å²) in [6.45, 7) is 5.82. The van der Waals surface area contributed by atoms with Crippen LogP contribution in [-0.2, 0) is 21.0 Å². The first kappa shape index (κ1) is 36.8. The van der Waals surface area contributed by atoms with E-state index in [2.05, 4.69) is 32.8 Å². The zero-order chi connectivity index (χ0) is 36.2. The Morgan fingerprint density at radius 3 is 2.20 bits per heavy atom. The minimum atomic E-state index is -0.728. The lowest BCUT2D eigenvalue weighted by molar-refractivity contribution is -0.126. The van der Waals surface area contributed by atoms with Gasteiger partial charge >= 0.3 is 0 Å². The summed E-state index contributed by atoms with van der Waals surface area (Å²) in [5, 5.41) is 3.18. The van der Waals surface area contributed by atoms with Crippen LogP contribution in [0.25, 0.3) is 6.08 Å². The molecule has 0 bridgehead atoms. The summed E-state index contributed by atoms with van der Waals surface area (Å²) >= 11 is 4.56. The summed E-state index contributed by atoms with van der Waals surface area (Å²) in [4.78, 5) is 46.7. The predicted molar refractivity (Wildman–Crippen MR) is 207 cm³/mol. The van der Waals surface area contributed by atoms with Crippen molar-refractivity contribution in [2.45, 2.75) is 19.6 Å². The van der Waals surface area contributed by atoms with Gasteiger partial charge in [-0.2, -0.15) is 4.99 Å². The molecular formula is C41H36BrN3O5S. The molecule has 0 saturated heterocycles. The smallest absolute Gasteiger partial charge is 0.285 e. The predicted octanol–water partition coefficient (Wildman–Crippen LogP) is 8.43. The molecule has 3 amide bonds. The lowest BCUT2D eigenvalue weighted by atomic mass is 9.99. The summed E-state index contributed by atoms with van der Waals surface area (Å²) < 4.78 is 12.2. The first-order chi connectivity index (χ1) is 24.8. The van der Waals surface area contributed by atoms with Gasteiger partial charge in [0.15, 0.2) is 16.7 Å². The number of amides is 3. The van der Waals surface area contributed by atoms with E-state index in [0.717, 1.165) is 28.5 Å². The van der Waals surface area contributed by atoms with E-state index in [-0.39, 0.29) is 22.4 Å². The Morgan fingerprint density at radius 2 is 1.61 bits per heavy atom. The van der Waals surface area contributed by atoms with Crippen molar-refractivity contribution in [3.8, 4) is 11.5 Å². The highest BCUT2D eigenvalue weighted by Crippen LogP contribution is 2.38. The molecule has 4 aromatic carbocycles. The number of nitrogens with zero attached hydrogens (tertiary/aromatic N) is 2. The van der Waals surface area contributed by atoms with Crippen LogP contribution in [0, 0.1) is 0 Å². The zero-order valence-corrected chi connectivity index (χ0v) is 30.5. The molecule has 0 fully saturated rings. The summed E-state index contributed by atoms with van der Waals surface area (Å²) in [5.41, 5.74) is 3.64. The number of carbonyl (C=O) groups excluding carboxylic acids is 3. The van der Waals surface area contributed by atoms with Gasteiger partial charge in [0.25, 0.3) is 11.8 Å². The fourth-order valence-electron chi connectivity index (χ4n) is 5.25. The largest absolute Gasteiger partial charge is 0.493 e. The molecular weight excluding hydrogens is 726 g/mol. The number of hydrogen-bond acceptors (Lipinski definition) is 6. The molecule has 1 heterocycles. The first-order valence-corrected chi connectivity index (χ1v) is 17.8. The third-order valence-electron chi connectivity index (χ3n) is 7.70. The number of aliphatic imine (C=N–C) groups is 1. The van der Waals surface area contributed by atoms with Crippen molar-refractivity contribution >= 4 is 56.7 Å². The molecule has 0 atom stereocenters. The Labute approximate surface area is 310 Å². The van der Waals surface area contributed by atoms with Gasteiger partial charge in [-0.1, -0.05) is 128 Å². The fourth-order valence-corrected chi connectivity index (χ4v) is 6.64. The van der Waals surface area contributed by atoms with Gasteiger partial charge in [-0.15, -0.1) is 0 Å². The Morgan fingerprint density at radius 1 is 0.980 bits per heavy atom. The monoisotopic (exact) mass is 761 g/mol. The summed E-state index contributed by atoms with van der Waals surface area (Å²) in [7, 11) is 1.52. The quantitative estimate of drug-likeness (QED) is 0.0835. The van der Waals surface area contributed by atoms with Crippen LogP contribution >= 0.6 is 27.7 Å². The van der Waals surface area contributed by atoms with E-state index in [0.29, 0.717) is 33.8 Å². The van der Waals surface area contributed by atoms with Crippen LogP contribution in [0.15, 0.2) is 155 Å². The van der Waals surface area contributed by atoms with Crippen LogP contribution < -0.4 is 14.8 Å². The van der Waals surface area contributed by atoms with E-state index < -0.39 is 17.9 Å². The van der Waals surface area contributed by atoms with Crippen LogP contribution in [-0.4, -0.2) is 40.7 Å². The average molecular weight is 763 g/mol. The molecule has 5 rings (SSSR count). The number of ether oxygens (including phenoxy) is 2. The van der Waals surface area contributed by atoms with Gasteiger partial charge in [0.1, 0.15) is 12.2 Å². The van der Waals surface area contributed by atoms with Crippen LogP contribution in [0.1, 0.15) is 35.2 Å². The minimum absolute atomic E-state index is 0.0819. The lowest BCUT2D eigenvalue weighted by Gasteiger charge is -2.28. The standard InChI is InChI=1S/C41H36BrN3O5S/c1-4-6-22-32(5-2)45-40(48)33(23-29-24-34(42)38(35(25-29)49-3)50-26-28-16-10-7-11-17-28)39(47)44-41(45)51-27-36(46)43-37(30-18-12-8-13-19-30)31-20-14-9-15-21-31/h4-25,37H,1,26-27H2,2-3H3,(H,43,46)/b22-6-,32-5+,33-23+. The maximum absolute atomic E-state index is 14.1. The van der Waals surface area contributed by atoms with Gasteiger partial charge in [-0.3, -0.25) is 19.3 Å². The van der Waals surface area contributed by atoms with Gasteiger partial charge < -0.3 is 14.8 Å². The molecule has 258 valence electrons. The van der Waals surface area contributed by atoms with Gasteiger partial charge in [-0.25, -0.2) is 0 Å². The zero-order valence-electron chi connectivity index (χ0n) is 28.1. The number of rotatable bonds is 13. The fraction of sp³-hybridized carbons (Fsp3) is 0.122. The second-order valence-corrected chi connectivity index (χ2v) is 12.9. The van der Waals surface area contributed by atoms with Crippen molar-refractivity contribution in [1.82, 2.24) is 10.2 Å². The number of halogens is 1. The molecule has 0 saturated carbocycles. The molecule has 0 unspecified atom stereocenters. The molecule has 0 radical (unpaired) electrons. The average Bonchev–Trinajstić information content (AvgIpc) is 3.16. The SMILES string of the molecule is C=C/C=C\C(=C/C)N1C(=O)/C(=C/c2cc(Br)c(OCc3ccccc3)c(OC)c2)C(=O)N=C1SCC(=O)NC(c1ccccc1)c1ccccc1. The van der Waals surface area contributed by atoms with Crippen LogP contribution in [0.4, 0.5) is 0 Å². The number of hydrogen-bond donors (Lipinski definition) is 1. The maximum Gasteiger partial charge on any atom is 0.285 e. The highest BCUT2D eigenvalue weighted by molar-refractivity contribution is 9.10. The van der Waals surface area contributed by atoms with E-state index in [1.807, 2.05) is 91.0 Å². The van der Waals surface area contributed by atoms with Gasteiger partial charge in [0.05, 0.1) is 23.4 Å². The van der Waals surface area contributed by atoms with Gasteiger partial charge in [0.2, 0.25) is 5.91 Å². The second kappa shape index (κ2) is 18.0. The second-order valence-electron chi connectivity index (χ2n) is 11.1. The molecule has 0 aliphatic carbocycles. The Kier molecular flexibility index (Phi) is 13.0. The van der Waals surface area contributed by atoms with E-state index in [9.17, 15) is 14.4 Å². The Balaban J connectivity index is 1.41. The number of thioether (sulfide) groups is 1. The maximum atomic E-state index is 14.1. The van der Waals surface area contributed by atoms with Crippen molar-refractivity contribution in [3.05, 3.63) is 172 Å². The highest BCUT2D eigenvalue weighted by atomic mass is 79.9. The summed E-state index contributed by atoms with van der Waals surface area (Å²) in [6, 6.07) is 32.1. The van der Waals surface area contributed by atoms with Crippen molar-refractivity contribution in [2.24, 2.45) is 4.99 Å². The molecule has 1 N–H and O–H groups in total. The Bertz CT molecular complexity index is 1970. The van der Waals surface area contributed by atoms with Crippen molar-refractivity contribution in [2.75, 3.05) is 12.9 Å². The van der Waals surface area contributed by atoms with E-state index in [1.54, 1.807) is 43.4 Å². The summed E-state index contributed by atoms with van der Waals surface area (Å²) in [5.74, 6) is -0.815. The molecule has 10 heteroatoms. The van der Waals surface area contributed by atoms with E-state index in [1.165, 1.54) is 18.1 Å². The molecule has 4 aromatic rings. The van der Waals surface area contributed by atoms with Crippen molar-refractivity contribution in [1.29, 1.82) is 0 Å². The molecule has 1 aliphatic heterocycles. The molecule has 1 aliphatic rings. The number of methoxy groups -OCH3 is 1. The lowest BCUT2D eigenvalue weighted by Crippen LogP contribution is -2.42. The molecule has 51 heavy (non-hydrogen) atoms. The van der Waals surface area contributed by atoms with Crippen LogP contribution in [0.2, 0.25) is 0 Å². The normalized spacial score (nSPS) is 14.2. The van der Waals surface area contributed by atoms with Gasteiger partial charge in [-0.05, 0) is 69.4 Å². The van der Waals surface area contributed by atoms with Crippen molar-refractivity contribution in [3.63, 3.8) is 0 Å². The van der Waals surface area contributed by atoms with Crippen LogP contribution in [0.5, 0.6) is 11.5 Å². The minimum Gasteiger partial charge on any atom is -0.493 e. The molecule has 8 nitrogen and oxygen atoms in total. The summed E-state index contributed by atoms with van der Waals surface area (Å²) in [6.07, 6.45) is 8.14. The number of benzene rings is 4. The van der Waals surface area contributed by atoms with Gasteiger partial charge in [0, 0.05) is 5.70 Å². The van der Waals surface area contributed by atoms with Crippen LogP contribution in [0.3, 0.4) is 0 Å². The van der Waals surface area contributed by atoms with Crippen molar-refractivity contribution < 1.29 is 23.9 Å². The number of allylic oxidation sites excluding steroid dienone is 4. The molecule has 0 spiro atoms. The van der Waals surface area contributed by atoms with E-state index >= 15 is 0 Å². The third kappa shape index (κ3) is 9.42. The van der Waals surface area contributed by atoms with E-state index in [4.69, 9.17) is 9.47 Å². The third-order valence-corrected chi connectivity index (χ3v) is 9.23. The highest BCUT2D eigenvalue weighted by Gasteiger charge is 2.35. The first-order valence-electron chi connectivity index (χ1n) is 16.0. The number of carbonyl (C=O) groups is 3. The molecule has 0 aromatic heterocycles.